The number of ketones is 1. The number of hydrogen-bond acceptors (Lipinski definition) is 3. The maximum absolute atomic E-state index is 11.9. The molecule has 0 saturated heterocycles. The number of carbonyl (C=O) groups excluding carboxylic acids is 1. The summed E-state index contributed by atoms with van der Waals surface area (Å²) in [4.78, 5) is 11.7. The van der Waals surface area contributed by atoms with Gasteiger partial charge in [-0.3, -0.25) is 4.79 Å². The summed E-state index contributed by atoms with van der Waals surface area (Å²) < 4.78 is 25.6. The van der Waals surface area contributed by atoms with E-state index >= 15 is 0 Å². The first kappa shape index (κ1) is 16.6. The molecule has 17 heavy (non-hydrogen) atoms. The molecule has 0 fully saturated rings. The number of rotatable bonds is 6. The van der Waals surface area contributed by atoms with Gasteiger partial charge in [0.25, 0.3) is 0 Å². The van der Waals surface area contributed by atoms with Crippen molar-refractivity contribution in [3.63, 3.8) is 0 Å². The molecule has 0 aliphatic carbocycles. The molecular formula is C12H25NO3S. The second-order valence-corrected chi connectivity index (χ2v) is 8.00. The van der Waals surface area contributed by atoms with Crippen LogP contribution in [0.4, 0.5) is 0 Å². The smallest absolute Gasteiger partial charge is 0.216 e. The van der Waals surface area contributed by atoms with Gasteiger partial charge >= 0.3 is 0 Å². The third kappa shape index (κ3) is 3.78. The lowest BCUT2D eigenvalue weighted by molar-refractivity contribution is -0.126. The Bertz CT molecular complexity index is 362. The first-order chi connectivity index (χ1) is 7.52. The molecule has 0 spiro atoms. The van der Waals surface area contributed by atoms with E-state index in [1.807, 2.05) is 13.8 Å². The summed E-state index contributed by atoms with van der Waals surface area (Å²) in [7, 11) is -3.39. The van der Waals surface area contributed by atoms with Gasteiger partial charge in [-0.05, 0) is 40.5 Å². The van der Waals surface area contributed by atoms with Crippen LogP contribution in [0.25, 0.3) is 0 Å². The molecule has 0 atom stereocenters. The summed E-state index contributed by atoms with van der Waals surface area (Å²) >= 11 is 0. The highest BCUT2D eigenvalue weighted by Crippen LogP contribution is 2.27. The van der Waals surface area contributed by atoms with Crippen LogP contribution < -0.4 is 4.72 Å². The number of hydrogen-bond donors (Lipinski definition) is 1. The molecule has 0 unspecified atom stereocenters. The Labute approximate surface area is 105 Å². The second-order valence-electron chi connectivity index (χ2n) is 5.48. The predicted octanol–water partition coefficient (Wildman–Crippen LogP) is 2.10. The maximum Gasteiger partial charge on any atom is 0.216 e. The van der Waals surface area contributed by atoms with Crippen LogP contribution in [0.2, 0.25) is 0 Å². The number of nitrogens with one attached hydrogen (secondary N) is 1. The van der Waals surface area contributed by atoms with Gasteiger partial charge in [0.05, 0.1) is 4.75 Å². The van der Waals surface area contributed by atoms with Crippen molar-refractivity contribution < 1.29 is 13.2 Å². The lowest BCUT2D eigenvalue weighted by Gasteiger charge is -2.30. The fraction of sp³-hybridized carbons (Fsp3) is 0.917. The minimum absolute atomic E-state index is 0.0408. The molecule has 0 aromatic rings. The summed E-state index contributed by atoms with van der Waals surface area (Å²) in [5, 5.41) is 0. The number of sulfonamides is 1. The van der Waals surface area contributed by atoms with Gasteiger partial charge in [-0.1, -0.05) is 13.8 Å². The van der Waals surface area contributed by atoms with E-state index < -0.39 is 20.2 Å². The zero-order chi connectivity index (χ0) is 13.9. The number of carbonyl (C=O) groups is 1. The van der Waals surface area contributed by atoms with Crippen molar-refractivity contribution in [1.29, 1.82) is 0 Å². The molecule has 0 rings (SSSR count). The average Bonchev–Trinajstić information content (AvgIpc) is 2.17. The highest BCUT2D eigenvalue weighted by Gasteiger charge is 2.36. The van der Waals surface area contributed by atoms with Crippen molar-refractivity contribution in [2.45, 2.75) is 59.1 Å². The molecule has 5 heteroatoms. The van der Waals surface area contributed by atoms with E-state index in [-0.39, 0.29) is 12.3 Å². The van der Waals surface area contributed by atoms with E-state index in [9.17, 15) is 13.2 Å². The van der Waals surface area contributed by atoms with Crippen molar-refractivity contribution in [2.24, 2.45) is 5.41 Å². The third-order valence-electron chi connectivity index (χ3n) is 3.51. The first-order valence-corrected chi connectivity index (χ1v) is 7.51. The Morgan fingerprint density at radius 3 is 1.76 bits per heavy atom. The van der Waals surface area contributed by atoms with Crippen molar-refractivity contribution in [1.82, 2.24) is 4.72 Å². The molecule has 102 valence electrons. The van der Waals surface area contributed by atoms with E-state index in [1.54, 1.807) is 20.8 Å². The minimum Gasteiger partial charge on any atom is -0.299 e. The molecule has 0 amide bonds. The fourth-order valence-electron chi connectivity index (χ4n) is 1.57. The zero-order valence-electron chi connectivity index (χ0n) is 11.8. The molecular weight excluding hydrogens is 238 g/mol. The van der Waals surface area contributed by atoms with E-state index in [2.05, 4.69) is 4.72 Å². The SMILES string of the molecule is CCC(CC)(CNS(=O)(=O)C(C)(C)C)C(C)=O. The van der Waals surface area contributed by atoms with E-state index in [0.29, 0.717) is 12.8 Å². The topological polar surface area (TPSA) is 63.2 Å². The fourth-order valence-corrected chi connectivity index (χ4v) is 2.47. The van der Waals surface area contributed by atoms with Gasteiger partial charge in [0, 0.05) is 12.0 Å². The Balaban J connectivity index is 4.93. The summed E-state index contributed by atoms with van der Waals surface area (Å²) in [5.74, 6) is 0.0408. The minimum atomic E-state index is -3.39. The lowest BCUT2D eigenvalue weighted by atomic mass is 9.79. The zero-order valence-corrected chi connectivity index (χ0v) is 12.6. The van der Waals surface area contributed by atoms with Crippen molar-refractivity contribution >= 4 is 15.8 Å². The molecule has 0 bridgehead atoms. The van der Waals surface area contributed by atoms with Gasteiger partial charge < -0.3 is 0 Å². The van der Waals surface area contributed by atoms with Crippen LogP contribution >= 0.6 is 0 Å². The Hall–Kier alpha value is -0.420. The first-order valence-electron chi connectivity index (χ1n) is 6.02. The molecule has 1 N–H and O–H groups in total. The molecule has 4 nitrogen and oxygen atoms in total. The summed E-state index contributed by atoms with van der Waals surface area (Å²) in [5.41, 5.74) is -0.571. The van der Waals surface area contributed by atoms with Crippen LogP contribution in [-0.4, -0.2) is 25.5 Å². The molecule has 0 aromatic carbocycles. The highest BCUT2D eigenvalue weighted by molar-refractivity contribution is 7.90. The molecule has 0 heterocycles. The van der Waals surface area contributed by atoms with Gasteiger partial charge in [0.2, 0.25) is 10.0 Å². The third-order valence-corrected chi connectivity index (χ3v) is 5.64. The van der Waals surface area contributed by atoms with Crippen LogP contribution in [0, 0.1) is 5.41 Å². The van der Waals surface area contributed by atoms with Gasteiger partial charge in [-0.2, -0.15) is 0 Å². The van der Waals surface area contributed by atoms with Crippen LogP contribution in [0.5, 0.6) is 0 Å². The van der Waals surface area contributed by atoms with E-state index in [4.69, 9.17) is 0 Å². The molecule has 0 aliphatic heterocycles. The molecule has 0 radical (unpaired) electrons. The normalized spacial score (nSPS) is 13.8. The quantitative estimate of drug-likeness (QED) is 0.798. The lowest BCUT2D eigenvalue weighted by Crippen LogP contribution is -2.46. The summed E-state index contributed by atoms with van der Waals surface area (Å²) in [6.45, 7) is 10.5. The Morgan fingerprint density at radius 2 is 1.53 bits per heavy atom. The summed E-state index contributed by atoms with van der Waals surface area (Å²) in [6.07, 6.45) is 1.29. The predicted molar refractivity (Wildman–Crippen MR) is 70.4 cm³/mol. The van der Waals surface area contributed by atoms with Crippen molar-refractivity contribution in [2.75, 3.05) is 6.54 Å². The van der Waals surface area contributed by atoms with Crippen LogP contribution in [-0.2, 0) is 14.8 Å². The number of Topliss-reactive ketones (excluding diaryl/α,β-unsaturated/α-hetero) is 1. The van der Waals surface area contributed by atoms with Crippen molar-refractivity contribution in [3.8, 4) is 0 Å². The molecule has 0 aliphatic rings. The molecule has 0 aromatic heterocycles. The Kier molecular flexibility index (Phi) is 5.35. The Morgan fingerprint density at radius 1 is 1.12 bits per heavy atom. The van der Waals surface area contributed by atoms with E-state index in [0.717, 1.165) is 0 Å². The largest absolute Gasteiger partial charge is 0.299 e. The molecule has 0 saturated carbocycles. The standard InChI is InChI=1S/C12H25NO3S/c1-7-12(8-2,10(3)14)9-13-17(15,16)11(4,5)6/h13H,7-9H2,1-6H3. The van der Waals surface area contributed by atoms with Gasteiger partial charge in [-0.15, -0.1) is 0 Å². The van der Waals surface area contributed by atoms with Crippen LogP contribution in [0.1, 0.15) is 54.4 Å². The van der Waals surface area contributed by atoms with Crippen LogP contribution in [0.15, 0.2) is 0 Å². The monoisotopic (exact) mass is 263 g/mol. The second kappa shape index (κ2) is 5.48. The van der Waals surface area contributed by atoms with Gasteiger partial charge in [0.1, 0.15) is 5.78 Å². The van der Waals surface area contributed by atoms with Crippen LogP contribution in [0.3, 0.4) is 0 Å². The van der Waals surface area contributed by atoms with Gasteiger partial charge in [-0.25, -0.2) is 13.1 Å². The van der Waals surface area contributed by atoms with E-state index in [1.165, 1.54) is 6.92 Å². The highest BCUT2D eigenvalue weighted by atomic mass is 32.2. The van der Waals surface area contributed by atoms with Crippen molar-refractivity contribution in [3.05, 3.63) is 0 Å². The summed E-state index contributed by atoms with van der Waals surface area (Å²) in [6, 6.07) is 0. The maximum atomic E-state index is 11.9. The average molecular weight is 263 g/mol. The van der Waals surface area contributed by atoms with Gasteiger partial charge in [0.15, 0.2) is 0 Å².